The minimum Gasteiger partial charge on any atom is -0.497 e. The van der Waals surface area contributed by atoms with Crippen molar-refractivity contribution >= 4 is 22.6 Å². The molecule has 0 spiro atoms. The van der Waals surface area contributed by atoms with Crippen molar-refractivity contribution in [3.63, 3.8) is 0 Å². The van der Waals surface area contributed by atoms with Crippen molar-refractivity contribution < 1.29 is 14.2 Å². The summed E-state index contributed by atoms with van der Waals surface area (Å²) in [6, 6.07) is 15.4. The summed E-state index contributed by atoms with van der Waals surface area (Å²) < 4.78 is 17.4. The maximum absolute atomic E-state index is 5.65. The number of hydrogen-bond acceptors (Lipinski definition) is 3. The molecule has 0 atom stereocenters. The second-order valence-electron chi connectivity index (χ2n) is 3.80. The van der Waals surface area contributed by atoms with Crippen LogP contribution in [0.25, 0.3) is 0 Å². The van der Waals surface area contributed by atoms with Crippen LogP contribution >= 0.6 is 22.6 Å². The van der Waals surface area contributed by atoms with Crippen LogP contribution in [0.4, 0.5) is 0 Å². The van der Waals surface area contributed by atoms with E-state index in [4.69, 9.17) is 14.2 Å². The molecular formula is C15H15IO3. The normalized spacial score (nSPS) is 10.0. The predicted octanol–water partition coefficient (Wildman–Crippen LogP) is 3.76. The maximum atomic E-state index is 5.65. The van der Waals surface area contributed by atoms with Gasteiger partial charge in [0, 0.05) is 0 Å². The molecule has 3 nitrogen and oxygen atoms in total. The maximum Gasteiger partial charge on any atom is 0.132 e. The van der Waals surface area contributed by atoms with Crippen molar-refractivity contribution in [3.05, 3.63) is 52.1 Å². The summed E-state index contributed by atoms with van der Waals surface area (Å²) in [4.78, 5) is 0. The number of benzene rings is 2. The van der Waals surface area contributed by atoms with Gasteiger partial charge in [-0.05, 0) is 59.0 Å². The van der Waals surface area contributed by atoms with Crippen LogP contribution in [0, 0.1) is 3.57 Å². The summed E-state index contributed by atoms with van der Waals surface area (Å²) in [7, 11) is 1.64. The Morgan fingerprint density at radius 3 is 2.16 bits per heavy atom. The SMILES string of the molecule is COc1ccc(OCCOc2ccccc2I)cc1. The number of methoxy groups -OCH3 is 1. The number of hydrogen-bond donors (Lipinski definition) is 0. The van der Waals surface area contributed by atoms with Gasteiger partial charge in [-0.2, -0.15) is 0 Å². The van der Waals surface area contributed by atoms with Gasteiger partial charge in [0.15, 0.2) is 0 Å². The Balaban J connectivity index is 1.76. The number of halogens is 1. The Labute approximate surface area is 126 Å². The molecule has 0 aliphatic carbocycles. The molecule has 4 heteroatoms. The highest BCUT2D eigenvalue weighted by atomic mass is 127. The largest absolute Gasteiger partial charge is 0.497 e. The van der Waals surface area contributed by atoms with E-state index in [0.29, 0.717) is 13.2 Å². The fraction of sp³-hybridized carbons (Fsp3) is 0.200. The van der Waals surface area contributed by atoms with E-state index in [2.05, 4.69) is 22.6 Å². The molecule has 0 bridgehead atoms. The first-order valence-corrected chi connectivity index (χ1v) is 7.01. The average Bonchev–Trinajstić information content (AvgIpc) is 2.46. The van der Waals surface area contributed by atoms with E-state index in [1.54, 1.807) is 7.11 Å². The third-order valence-electron chi connectivity index (χ3n) is 2.51. The van der Waals surface area contributed by atoms with Crippen molar-refractivity contribution in [1.82, 2.24) is 0 Å². The highest BCUT2D eigenvalue weighted by molar-refractivity contribution is 14.1. The van der Waals surface area contributed by atoms with Gasteiger partial charge in [0.25, 0.3) is 0 Å². The Morgan fingerprint density at radius 2 is 1.47 bits per heavy atom. The van der Waals surface area contributed by atoms with E-state index in [1.807, 2.05) is 48.5 Å². The van der Waals surface area contributed by atoms with Crippen molar-refractivity contribution in [2.75, 3.05) is 20.3 Å². The highest BCUT2D eigenvalue weighted by Gasteiger charge is 1.99. The molecule has 2 aromatic rings. The van der Waals surface area contributed by atoms with Crippen molar-refractivity contribution in [2.45, 2.75) is 0 Å². The molecule has 2 rings (SSSR count). The fourth-order valence-corrected chi connectivity index (χ4v) is 2.09. The van der Waals surface area contributed by atoms with Crippen LogP contribution in [0.2, 0.25) is 0 Å². The Bertz CT molecular complexity index is 511. The highest BCUT2D eigenvalue weighted by Crippen LogP contribution is 2.20. The van der Waals surface area contributed by atoms with E-state index in [-0.39, 0.29) is 0 Å². The van der Waals surface area contributed by atoms with Crippen LogP contribution in [0.3, 0.4) is 0 Å². The lowest BCUT2D eigenvalue weighted by molar-refractivity contribution is 0.216. The molecule has 0 saturated carbocycles. The number of ether oxygens (including phenoxy) is 3. The van der Waals surface area contributed by atoms with Crippen LogP contribution in [0.15, 0.2) is 48.5 Å². The zero-order chi connectivity index (χ0) is 13.5. The molecule has 0 heterocycles. The third kappa shape index (κ3) is 4.31. The van der Waals surface area contributed by atoms with Gasteiger partial charge in [0.05, 0.1) is 10.7 Å². The predicted molar refractivity (Wildman–Crippen MR) is 83.1 cm³/mol. The van der Waals surface area contributed by atoms with Gasteiger partial charge >= 0.3 is 0 Å². The summed E-state index contributed by atoms with van der Waals surface area (Å²) in [5, 5.41) is 0. The van der Waals surface area contributed by atoms with Crippen LogP contribution < -0.4 is 14.2 Å². The second kappa shape index (κ2) is 7.23. The first kappa shape index (κ1) is 14.0. The zero-order valence-corrected chi connectivity index (χ0v) is 12.8. The monoisotopic (exact) mass is 370 g/mol. The fourth-order valence-electron chi connectivity index (χ4n) is 1.54. The quantitative estimate of drug-likeness (QED) is 0.573. The van der Waals surface area contributed by atoms with E-state index < -0.39 is 0 Å². The average molecular weight is 370 g/mol. The summed E-state index contributed by atoms with van der Waals surface area (Å²) >= 11 is 2.25. The molecule has 0 radical (unpaired) electrons. The minimum absolute atomic E-state index is 0.511. The summed E-state index contributed by atoms with van der Waals surface area (Å²) in [6.45, 7) is 1.03. The summed E-state index contributed by atoms with van der Waals surface area (Å²) in [5.74, 6) is 2.52. The number of rotatable bonds is 6. The van der Waals surface area contributed by atoms with Crippen LogP contribution in [-0.2, 0) is 0 Å². The second-order valence-corrected chi connectivity index (χ2v) is 4.97. The van der Waals surface area contributed by atoms with Gasteiger partial charge in [-0.25, -0.2) is 0 Å². The van der Waals surface area contributed by atoms with Crippen molar-refractivity contribution in [2.24, 2.45) is 0 Å². The van der Waals surface area contributed by atoms with Gasteiger partial charge in [-0.1, -0.05) is 12.1 Å². The first-order valence-electron chi connectivity index (χ1n) is 5.94. The smallest absolute Gasteiger partial charge is 0.132 e. The van der Waals surface area contributed by atoms with E-state index in [9.17, 15) is 0 Å². The summed E-state index contributed by atoms with van der Waals surface area (Å²) in [6.07, 6.45) is 0. The Morgan fingerprint density at radius 1 is 0.842 bits per heavy atom. The molecule has 0 aliphatic heterocycles. The topological polar surface area (TPSA) is 27.7 Å². The number of para-hydroxylation sites is 1. The lowest BCUT2D eigenvalue weighted by atomic mass is 10.3. The van der Waals surface area contributed by atoms with Crippen LogP contribution in [0.5, 0.6) is 17.2 Å². The molecular weight excluding hydrogens is 355 g/mol. The lowest BCUT2D eigenvalue weighted by Gasteiger charge is -2.09. The third-order valence-corrected chi connectivity index (χ3v) is 3.40. The molecule has 0 saturated heterocycles. The van der Waals surface area contributed by atoms with Gasteiger partial charge in [0.2, 0.25) is 0 Å². The Hall–Kier alpha value is -1.43. The molecule has 19 heavy (non-hydrogen) atoms. The van der Waals surface area contributed by atoms with E-state index in [1.165, 1.54) is 0 Å². The molecule has 0 fully saturated rings. The molecule has 0 aromatic heterocycles. The van der Waals surface area contributed by atoms with Gasteiger partial charge in [-0.15, -0.1) is 0 Å². The van der Waals surface area contributed by atoms with Crippen molar-refractivity contribution in [1.29, 1.82) is 0 Å². The zero-order valence-electron chi connectivity index (χ0n) is 10.6. The summed E-state index contributed by atoms with van der Waals surface area (Å²) in [5.41, 5.74) is 0. The molecule has 0 N–H and O–H groups in total. The van der Waals surface area contributed by atoms with E-state index in [0.717, 1.165) is 20.8 Å². The van der Waals surface area contributed by atoms with Gasteiger partial charge in [-0.3, -0.25) is 0 Å². The Kier molecular flexibility index (Phi) is 5.32. The van der Waals surface area contributed by atoms with Crippen molar-refractivity contribution in [3.8, 4) is 17.2 Å². The van der Waals surface area contributed by atoms with Crippen LogP contribution in [0.1, 0.15) is 0 Å². The van der Waals surface area contributed by atoms with Gasteiger partial charge < -0.3 is 14.2 Å². The molecule has 0 unspecified atom stereocenters. The lowest BCUT2D eigenvalue weighted by Crippen LogP contribution is -2.09. The first-order chi connectivity index (χ1) is 9.29. The molecule has 2 aromatic carbocycles. The minimum atomic E-state index is 0.511. The van der Waals surface area contributed by atoms with Gasteiger partial charge in [0.1, 0.15) is 30.5 Å². The molecule has 0 amide bonds. The van der Waals surface area contributed by atoms with Crippen LogP contribution in [-0.4, -0.2) is 20.3 Å². The molecule has 100 valence electrons. The molecule has 0 aliphatic rings. The van der Waals surface area contributed by atoms with E-state index >= 15 is 0 Å². The standard InChI is InChI=1S/C15H15IO3/c1-17-12-6-8-13(9-7-12)18-10-11-19-15-5-3-2-4-14(15)16/h2-9H,10-11H2,1H3.